The largest absolute Gasteiger partial charge is 0.507 e. The second-order valence-electron chi connectivity index (χ2n) is 12.4. The molecule has 0 spiro atoms. The summed E-state index contributed by atoms with van der Waals surface area (Å²) in [6.07, 6.45) is 3.27. The van der Waals surface area contributed by atoms with Gasteiger partial charge in [-0.25, -0.2) is 30.8 Å². The van der Waals surface area contributed by atoms with Gasteiger partial charge in [0.05, 0.1) is 22.3 Å². The zero-order valence-corrected chi connectivity index (χ0v) is 28.3. The van der Waals surface area contributed by atoms with Crippen LogP contribution in [0.4, 0.5) is 28.9 Å². The van der Waals surface area contributed by atoms with Crippen LogP contribution in [-0.2, 0) is 27.8 Å². The number of carboxylic acid groups (broad SMARTS) is 1. The number of phenols is 1. The number of nitrogens with zero attached hydrogens (tertiary/aromatic N) is 1. The molecule has 0 saturated heterocycles. The van der Waals surface area contributed by atoms with Crippen molar-refractivity contribution in [2.75, 3.05) is 15.4 Å². The summed E-state index contributed by atoms with van der Waals surface area (Å²) in [5, 5.41) is 19.7. The first kappa shape index (κ1) is 35.5. The lowest BCUT2D eigenvalue weighted by atomic mass is 9.99. The third kappa shape index (κ3) is 7.54. The average molecular weight is 752 g/mol. The monoisotopic (exact) mass is 750 g/mol. The van der Waals surface area contributed by atoms with E-state index in [0.717, 1.165) is 53.8 Å². The number of hydrogen-bond acceptors (Lipinski definition) is 5. The maximum absolute atomic E-state index is 15.2. The summed E-state index contributed by atoms with van der Waals surface area (Å²) >= 11 is 12.2. The van der Waals surface area contributed by atoms with Gasteiger partial charge < -0.3 is 15.1 Å². The first-order valence-corrected chi connectivity index (χ1v) is 17.8. The highest BCUT2D eigenvalue weighted by atomic mass is 35.5. The molecule has 8 nitrogen and oxygen atoms in total. The Balaban J connectivity index is 1.35. The highest BCUT2D eigenvalue weighted by Gasteiger charge is 2.32. The van der Waals surface area contributed by atoms with Gasteiger partial charge in [-0.1, -0.05) is 53.5 Å². The van der Waals surface area contributed by atoms with Crippen LogP contribution in [0.1, 0.15) is 75.7 Å². The first-order valence-electron chi connectivity index (χ1n) is 15.4. The van der Waals surface area contributed by atoms with Crippen LogP contribution >= 0.6 is 23.2 Å². The molecule has 2 saturated carbocycles. The van der Waals surface area contributed by atoms with Crippen molar-refractivity contribution in [1.29, 1.82) is 0 Å². The van der Waals surface area contributed by atoms with Gasteiger partial charge in [-0.2, -0.15) is 0 Å². The second kappa shape index (κ2) is 13.8. The molecule has 0 heterocycles. The van der Waals surface area contributed by atoms with Crippen molar-refractivity contribution in [2.24, 2.45) is 0 Å². The Kier molecular flexibility index (Phi) is 9.77. The van der Waals surface area contributed by atoms with E-state index in [9.17, 15) is 37.0 Å². The minimum Gasteiger partial charge on any atom is -0.507 e. The molecule has 0 atom stereocenters. The van der Waals surface area contributed by atoms with Gasteiger partial charge >= 0.3 is 5.97 Å². The first-order chi connectivity index (χ1) is 23.6. The van der Waals surface area contributed by atoms with Crippen molar-refractivity contribution in [2.45, 2.75) is 50.5 Å². The SMILES string of the molecule is O=C(O)c1ccc(N(Cc2cc(C3CC3)cc(C3CC3)c2)C(=O)CS(=O)(=O)Nc2c(F)c(F)c(F)c(F)c2Cc2cccc(Cl)c2Cl)cc1O. The van der Waals surface area contributed by atoms with Gasteiger partial charge in [-0.3, -0.25) is 9.52 Å². The summed E-state index contributed by atoms with van der Waals surface area (Å²) in [4.78, 5) is 26.4. The summed E-state index contributed by atoms with van der Waals surface area (Å²) < 4.78 is 87.8. The maximum atomic E-state index is 15.2. The Morgan fingerprint density at radius 1 is 0.860 bits per heavy atom. The van der Waals surface area contributed by atoms with Crippen molar-refractivity contribution in [1.82, 2.24) is 0 Å². The Morgan fingerprint density at radius 3 is 2.06 bits per heavy atom. The van der Waals surface area contributed by atoms with Crippen LogP contribution in [0.3, 0.4) is 0 Å². The Bertz CT molecular complexity index is 2130. The number of anilines is 2. The van der Waals surface area contributed by atoms with E-state index < -0.39 is 79.9 Å². The zero-order valence-electron chi connectivity index (χ0n) is 26.0. The number of benzene rings is 4. The molecule has 6 rings (SSSR count). The summed E-state index contributed by atoms with van der Waals surface area (Å²) in [6.45, 7) is -0.201. The van der Waals surface area contributed by atoms with Crippen molar-refractivity contribution in [3.63, 3.8) is 0 Å². The molecule has 2 aliphatic rings. The van der Waals surface area contributed by atoms with Gasteiger partial charge in [0, 0.05) is 23.7 Å². The Morgan fingerprint density at radius 2 is 1.48 bits per heavy atom. The van der Waals surface area contributed by atoms with E-state index in [2.05, 4.69) is 6.07 Å². The number of rotatable bonds is 12. The lowest BCUT2D eigenvalue weighted by molar-refractivity contribution is -0.116. The van der Waals surface area contributed by atoms with E-state index in [4.69, 9.17) is 23.2 Å². The molecule has 0 aromatic heterocycles. The van der Waals surface area contributed by atoms with Crippen LogP contribution in [0.2, 0.25) is 10.0 Å². The Labute approximate surface area is 294 Å². The molecule has 0 aliphatic heterocycles. The van der Waals surface area contributed by atoms with Gasteiger partial charge in [-0.15, -0.1) is 0 Å². The number of halogens is 6. The topological polar surface area (TPSA) is 124 Å². The fourth-order valence-electron chi connectivity index (χ4n) is 5.77. The molecule has 2 aliphatic carbocycles. The number of aromatic carboxylic acids is 1. The Hall–Kier alpha value is -4.33. The summed E-state index contributed by atoms with van der Waals surface area (Å²) in [6, 6.07) is 13.3. The van der Waals surface area contributed by atoms with Crippen LogP contribution in [-0.4, -0.2) is 36.3 Å². The summed E-state index contributed by atoms with van der Waals surface area (Å²) in [5.74, 6) is -12.4. The standard InChI is InChI=1S/C35H28Cl2F4N2O6S/c36-26-3-1-2-20(29(26)37)13-25-30(38)31(39)32(40)33(41)34(25)42-50(48,49)16-28(45)43(23-8-9-24(35(46)47)27(44)14-23)15-17-10-21(18-4-5-18)12-22(11-17)19-6-7-19/h1-3,8-12,14,18-19,42,44H,4-7,13,15-16H2,(H,46,47). The van der Waals surface area contributed by atoms with E-state index >= 15 is 8.78 Å². The molecular formula is C35H28Cl2F4N2O6S. The molecule has 0 bridgehead atoms. The van der Waals surface area contributed by atoms with Crippen LogP contribution in [0, 0.1) is 23.3 Å². The molecule has 0 unspecified atom stereocenters. The molecule has 4 aromatic rings. The predicted octanol–water partition coefficient (Wildman–Crippen LogP) is 8.27. The number of carbonyl (C=O) groups excluding carboxylic acids is 1. The minimum atomic E-state index is -4.99. The zero-order chi connectivity index (χ0) is 36.1. The van der Waals surface area contributed by atoms with Crippen molar-refractivity contribution >= 4 is 56.5 Å². The van der Waals surface area contributed by atoms with Gasteiger partial charge in [-0.05, 0) is 78.0 Å². The van der Waals surface area contributed by atoms with Crippen molar-refractivity contribution in [3.05, 3.63) is 121 Å². The highest BCUT2D eigenvalue weighted by molar-refractivity contribution is 7.93. The molecule has 3 N–H and O–H groups in total. The van der Waals surface area contributed by atoms with E-state index in [0.29, 0.717) is 17.4 Å². The van der Waals surface area contributed by atoms with Crippen molar-refractivity contribution < 1.29 is 45.8 Å². The van der Waals surface area contributed by atoms with E-state index in [-0.39, 0.29) is 27.8 Å². The summed E-state index contributed by atoms with van der Waals surface area (Å²) in [7, 11) is -4.99. The van der Waals surface area contributed by atoms with Gasteiger partial charge in [0.1, 0.15) is 17.1 Å². The fourth-order valence-corrected chi connectivity index (χ4v) is 7.24. The van der Waals surface area contributed by atoms with Crippen LogP contribution in [0.25, 0.3) is 0 Å². The smallest absolute Gasteiger partial charge is 0.339 e. The van der Waals surface area contributed by atoms with Crippen LogP contribution in [0.5, 0.6) is 5.75 Å². The van der Waals surface area contributed by atoms with Crippen LogP contribution < -0.4 is 9.62 Å². The molecule has 50 heavy (non-hydrogen) atoms. The van der Waals surface area contributed by atoms with Crippen molar-refractivity contribution in [3.8, 4) is 5.75 Å². The molecular weight excluding hydrogens is 723 g/mol. The van der Waals surface area contributed by atoms with Crippen LogP contribution in [0.15, 0.2) is 54.6 Å². The van der Waals surface area contributed by atoms with Gasteiger partial charge in [0.25, 0.3) is 0 Å². The normalized spacial score (nSPS) is 14.4. The third-order valence-corrected chi connectivity index (χ3v) is 10.6. The number of nitrogens with one attached hydrogen (secondary N) is 1. The molecule has 1 amide bonds. The van der Waals surface area contributed by atoms with E-state index in [1.54, 1.807) is 4.72 Å². The maximum Gasteiger partial charge on any atom is 0.339 e. The molecule has 0 radical (unpaired) electrons. The minimum absolute atomic E-state index is 0.00907. The highest BCUT2D eigenvalue weighted by Crippen LogP contribution is 2.45. The number of amides is 1. The fraction of sp³-hybridized carbons (Fsp3) is 0.257. The van der Waals surface area contributed by atoms with Gasteiger partial charge in [0.15, 0.2) is 23.3 Å². The lowest BCUT2D eigenvalue weighted by Gasteiger charge is -2.25. The van der Waals surface area contributed by atoms with E-state index in [1.165, 1.54) is 24.3 Å². The predicted molar refractivity (Wildman–Crippen MR) is 180 cm³/mol. The molecule has 15 heteroatoms. The molecule has 262 valence electrons. The number of hydrogen-bond donors (Lipinski definition) is 3. The number of carboxylic acids is 1. The quantitative estimate of drug-likeness (QED) is 0.0761. The van der Waals surface area contributed by atoms with Gasteiger partial charge in [0.2, 0.25) is 15.9 Å². The average Bonchev–Trinajstić information content (AvgIpc) is 3.98. The summed E-state index contributed by atoms with van der Waals surface area (Å²) in [5.41, 5.74) is 0.0884. The third-order valence-electron chi connectivity index (χ3n) is 8.63. The number of carbonyl (C=O) groups is 2. The van der Waals surface area contributed by atoms with E-state index in [1.807, 2.05) is 12.1 Å². The second-order valence-corrected chi connectivity index (χ2v) is 14.9. The lowest BCUT2D eigenvalue weighted by Crippen LogP contribution is -2.37. The number of aromatic hydroxyl groups is 1. The molecule has 4 aromatic carbocycles. The number of sulfonamides is 1. The molecule has 2 fully saturated rings.